The van der Waals surface area contributed by atoms with Crippen LogP contribution in [-0.4, -0.2) is 36.5 Å². The summed E-state index contributed by atoms with van der Waals surface area (Å²) in [4.78, 5) is 39.5. The largest absolute Gasteiger partial charge is 0.493 e. The second-order valence-electron chi connectivity index (χ2n) is 8.92. The zero-order chi connectivity index (χ0) is 27.4. The molecule has 4 rings (SSSR count). The summed E-state index contributed by atoms with van der Waals surface area (Å²) in [5.74, 6) is 0.0633. The van der Waals surface area contributed by atoms with Crippen molar-refractivity contribution in [1.82, 2.24) is 4.90 Å². The fourth-order valence-electron chi connectivity index (χ4n) is 4.47. The van der Waals surface area contributed by atoms with Gasteiger partial charge in [-0.1, -0.05) is 37.1 Å². The van der Waals surface area contributed by atoms with Gasteiger partial charge in [-0.3, -0.25) is 14.6 Å². The lowest BCUT2D eigenvalue weighted by atomic mass is 10.0. The van der Waals surface area contributed by atoms with Crippen LogP contribution >= 0.6 is 11.6 Å². The van der Waals surface area contributed by atoms with Gasteiger partial charge in [0.25, 0.3) is 5.91 Å². The Morgan fingerprint density at radius 3 is 2.53 bits per heavy atom. The number of unbranched alkanes of at least 4 members (excludes halogenated alkanes) is 2. The standard InChI is InChI=1S/C27H26ClF3N2O5/c1-2-8-18-22(12-11-17-19(27(29,30)31)15-24(35)38-25(17)18)37-14-7-3-6-13-32-23(34)16-33(26(32)36)21-10-5-4-9-20(21)28/h4-5,9-12,15H,2-3,6-8,13-14,16H2,1H3. The van der Waals surface area contributed by atoms with Crippen LogP contribution in [-0.2, 0) is 17.4 Å². The van der Waals surface area contributed by atoms with Gasteiger partial charge in [-0.2, -0.15) is 13.2 Å². The van der Waals surface area contributed by atoms with Gasteiger partial charge in [-0.25, -0.2) is 9.59 Å². The van der Waals surface area contributed by atoms with E-state index in [2.05, 4.69) is 0 Å². The van der Waals surface area contributed by atoms with Crippen molar-refractivity contribution in [1.29, 1.82) is 0 Å². The minimum absolute atomic E-state index is 0.0694. The molecule has 1 fully saturated rings. The highest BCUT2D eigenvalue weighted by molar-refractivity contribution is 6.34. The molecule has 1 aliphatic heterocycles. The van der Waals surface area contributed by atoms with Crippen molar-refractivity contribution in [3.05, 3.63) is 69.0 Å². The van der Waals surface area contributed by atoms with Crippen molar-refractivity contribution in [2.45, 2.75) is 45.2 Å². The molecule has 0 aliphatic carbocycles. The Balaban J connectivity index is 1.35. The number of aryl methyl sites for hydroxylation is 1. The summed E-state index contributed by atoms with van der Waals surface area (Å²) < 4.78 is 51.4. The molecule has 202 valence electrons. The first-order valence-corrected chi connectivity index (χ1v) is 12.7. The van der Waals surface area contributed by atoms with Crippen molar-refractivity contribution >= 4 is 40.2 Å². The summed E-state index contributed by atoms with van der Waals surface area (Å²) >= 11 is 6.17. The molecule has 0 unspecified atom stereocenters. The van der Waals surface area contributed by atoms with Gasteiger partial charge >= 0.3 is 17.8 Å². The van der Waals surface area contributed by atoms with Gasteiger partial charge in [-0.05, 0) is 49.9 Å². The number of halogens is 4. The van der Waals surface area contributed by atoms with E-state index in [0.29, 0.717) is 60.2 Å². The highest BCUT2D eigenvalue weighted by Gasteiger charge is 2.37. The molecule has 38 heavy (non-hydrogen) atoms. The molecule has 1 aromatic heterocycles. The second kappa shape index (κ2) is 11.5. The highest BCUT2D eigenvalue weighted by Crippen LogP contribution is 2.37. The number of hydrogen-bond acceptors (Lipinski definition) is 5. The fourth-order valence-corrected chi connectivity index (χ4v) is 4.71. The highest BCUT2D eigenvalue weighted by atomic mass is 35.5. The average molecular weight is 551 g/mol. The van der Waals surface area contributed by atoms with Crippen molar-refractivity contribution in [2.75, 3.05) is 24.6 Å². The van der Waals surface area contributed by atoms with Crippen LogP contribution in [0.5, 0.6) is 5.75 Å². The van der Waals surface area contributed by atoms with E-state index in [1.165, 1.54) is 21.9 Å². The number of para-hydroxylation sites is 1. The van der Waals surface area contributed by atoms with Crippen LogP contribution in [0.3, 0.4) is 0 Å². The van der Waals surface area contributed by atoms with E-state index < -0.39 is 23.4 Å². The van der Waals surface area contributed by atoms with E-state index in [4.69, 9.17) is 20.8 Å². The predicted octanol–water partition coefficient (Wildman–Crippen LogP) is 6.44. The first-order chi connectivity index (χ1) is 18.1. The number of amides is 3. The Labute approximate surface area is 221 Å². The maximum atomic E-state index is 13.5. The quantitative estimate of drug-likeness (QED) is 0.165. The molecule has 0 N–H and O–H groups in total. The molecule has 0 radical (unpaired) electrons. The van der Waals surface area contributed by atoms with Gasteiger partial charge < -0.3 is 9.15 Å². The third-order valence-corrected chi connectivity index (χ3v) is 6.58. The van der Waals surface area contributed by atoms with Crippen LogP contribution in [0.4, 0.5) is 23.7 Å². The van der Waals surface area contributed by atoms with E-state index in [0.717, 1.165) is 0 Å². The second-order valence-corrected chi connectivity index (χ2v) is 9.33. The van der Waals surface area contributed by atoms with E-state index in [1.807, 2.05) is 6.92 Å². The van der Waals surface area contributed by atoms with Crippen molar-refractivity contribution in [2.24, 2.45) is 0 Å². The van der Waals surface area contributed by atoms with E-state index in [1.54, 1.807) is 24.3 Å². The van der Waals surface area contributed by atoms with Gasteiger partial charge in [0.05, 0.1) is 22.9 Å². The van der Waals surface area contributed by atoms with Gasteiger partial charge in [0.15, 0.2) is 0 Å². The van der Waals surface area contributed by atoms with E-state index in [9.17, 15) is 27.6 Å². The first-order valence-electron chi connectivity index (χ1n) is 12.3. The van der Waals surface area contributed by atoms with Crippen LogP contribution in [0.25, 0.3) is 11.0 Å². The lowest BCUT2D eigenvalue weighted by molar-refractivity contribution is -0.136. The molecule has 3 aromatic rings. The lowest BCUT2D eigenvalue weighted by Gasteiger charge is -2.18. The zero-order valence-electron chi connectivity index (χ0n) is 20.6. The summed E-state index contributed by atoms with van der Waals surface area (Å²) in [6, 6.07) is 9.59. The number of urea groups is 1. The molecule has 2 aromatic carbocycles. The van der Waals surface area contributed by atoms with Crippen LogP contribution in [0.15, 0.2) is 51.7 Å². The number of ether oxygens (including phenoxy) is 1. The van der Waals surface area contributed by atoms with Crippen LogP contribution in [0.2, 0.25) is 5.02 Å². The van der Waals surface area contributed by atoms with Gasteiger partial charge in [0.2, 0.25) is 0 Å². The summed E-state index contributed by atoms with van der Waals surface area (Å²) in [6.07, 6.45) is -1.92. The molecular weight excluding hydrogens is 525 g/mol. The van der Waals surface area contributed by atoms with Gasteiger partial charge in [0, 0.05) is 23.6 Å². The normalized spacial score (nSPS) is 14.1. The molecule has 1 saturated heterocycles. The van der Waals surface area contributed by atoms with Crippen molar-refractivity contribution in [3.63, 3.8) is 0 Å². The number of carbonyl (C=O) groups is 2. The summed E-state index contributed by atoms with van der Waals surface area (Å²) in [5, 5.41) is 0.205. The number of hydrogen-bond donors (Lipinski definition) is 0. The molecule has 7 nitrogen and oxygen atoms in total. The molecular formula is C27H26ClF3N2O5. The van der Waals surface area contributed by atoms with Crippen molar-refractivity contribution < 1.29 is 31.9 Å². The smallest absolute Gasteiger partial charge is 0.417 e. The molecule has 0 spiro atoms. The zero-order valence-corrected chi connectivity index (χ0v) is 21.4. The number of carbonyl (C=O) groups excluding carboxylic acids is 2. The third kappa shape index (κ3) is 5.80. The van der Waals surface area contributed by atoms with Gasteiger partial charge in [-0.15, -0.1) is 0 Å². The number of anilines is 1. The van der Waals surface area contributed by atoms with Crippen molar-refractivity contribution in [3.8, 4) is 5.75 Å². The average Bonchev–Trinajstić information content (AvgIpc) is 3.14. The first kappa shape index (κ1) is 27.5. The monoisotopic (exact) mass is 550 g/mol. The number of imide groups is 1. The summed E-state index contributed by atoms with van der Waals surface area (Å²) in [7, 11) is 0. The molecule has 0 atom stereocenters. The van der Waals surface area contributed by atoms with E-state index >= 15 is 0 Å². The summed E-state index contributed by atoms with van der Waals surface area (Å²) in [6.45, 7) is 2.31. The number of alkyl halides is 3. The molecule has 11 heteroatoms. The maximum Gasteiger partial charge on any atom is 0.417 e. The lowest BCUT2D eigenvalue weighted by Crippen LogP contribution is -2.34. The summed E-state index contributed by atoms with van der Waals surface area (Å²) in [5.41, 5.74) is -1.32. The topological polar surface area (TPSA) is 80.1 Å². The Hall–Kier alpha value is -3.53. The third-order valence-electron chi connectivity index (χ3n) is 6.26. The molecule has 1 aliphatic rings. The number of fused-ring (bicyclic) bond motifs is 1. The van der Waals surface area contributed by atoms with Crippen LogP contribution < -0.4 is 15.3 Å². The van der Waals surface area contributed by atoms with Gasteiger partial charge in [0.1, 0.15) is 17.9 Å². The Morgan fingerprint density at radius 2 is 1.82 bits per heavy atom. The predicted molar refractivity (Wildman–Crippen MR) is 137 cm³/mol. The Bertz CT molecular complexity index is 1410. The van der Waals surface area contributed by atoms with Crippen LogP contribution in [0, 0.1) is 0 Å². The maximum absolute atomic E-state index is 13.5. The number of nitrogens with zero attached hydrogens (tertiary/aromatic N) is 2. The molecule has 0 bridgehead atoms. The number of rotatable bonds is 10. The SMILES string of the molecule is CCCc1c(OCCCCCN2C(=O)CN(c3ccccc3Cl)C2=O)ccc2c(C(F)(F)F)cc(=O)oc12. The fraction of sp³-hybridized carbons (Fsp3) is 0.370. The minimum Gasteiger partial charge on any atom is -0.493 e. The molecule has 2 heterocycles. The van der Waals surface area contributed by atoms with Crippen LogP contribution in [0.1, 0.15) is 43.7 Å². The number of benzene rings is 2. The molecule has 3 amide bonds. The molecule has 0 saturated carbocycles. The minimum atomic E-state index is -4.69. The van der Waals surface area contributed by atoms with E-state index in [-0.39, 0.29) is 36.6 Å². The Kier molecular flexibility index (Phi) is 8.30. The Morgan fingerprint density at radius 1 is 1.05 bits per heavy atom.